The zero-order valence-corrected chi connectivity index (χ0v) is 18.2. The lowest BCUT2D eigenvalue weighted by Gasteiger charge is -2.21. The van der Waals surface area contributed by atoms with Crippen molar-refractivity contribution in [1.82, 2.24) is 9.62 Å². The summed E-state index contributed by atoms with van der Waals surface area (Å²) in [6.45, 7) is 3.15. The maximum absolute atomic E-state index is 14.4. The molecule has 0 aliphatic heterocycles. The minimum atomic E-state index is -4.04. The summed E-state index contributed by atoms with van der Waals surface area (Å²) >= 11 is 1.91. The van der Waals surface area contributed by atoms with E-state index in [9.17, 15) is 21.6 Å². The molecule has 0 aliphatic rings. The van der Waals surface area contributed by atoms with Crippen LogP contribution in [-0.4, -0.2) is 39.4 Å². The summed E-state index contributed by atoms with van der Waals surface area (Å²) in [7, 11) is -2.68. The van der Waals surface area contributed by atoms with E-state index in [1.54, 1.807) is 6.07 Å². The van der Waals surface area contributed by atoms with E-state index in [0.717, 1.165) is 16.4 Å². The summed E-state index contributed by atoms with van der Waals surface area (Å²) in [6, 6.07) is 5.99. The summed E-state index contributed by atoms with van der Waals surface area (Å²) in [5.41, 5.74) is -0.873. The summed E-state index contributed by atoms with van der Waals surface area (Å²) in [6.07, 6.45) is 0. The molecular formula is C17H20F3IN4O2S. The molecule has 28 heavy (non-hydrogen) atoms. The number of benzene rings is 2. The van der Waals surface area contributed by atoms with Gasteiger partial charge in [-0.3, -0.25) is 4.72 Å². The van der Waals surface area contributed by atoms with E-state index < -0.39 is 33.3 Å². The van der Waals surface area contributed by atoms with Crippen molar-refractivity contribution in [3.8, 4) is 0 Å². The maximum atomic E-state index is 14.4. The molecule has 11 heteroatoms. The molecule has 2 rings (SSSR count). The van der Waals surface area contributed by atoms with Gasteiger partial charge in [-0.1, -0.05) is 6.92 Å². The second-order valence-electron chi connectivity index (χ2n) is 5.82. The van der Waals surface area contributed by atoms with Gasteiger partial charge in [0.05, 0.1) is 11.4 Å². The van der Waals surface area contributed by atoms with Gasteiger partial charge in [-0.05, 0) is 59.5 Å². The van der Waals surface area contributed by atoms with E-state index in [0.29, 0.717) is 16.7 Å². The van der Waals surface area contributed by atoms with E-state index in [1.807, 2.05) is 29.5 Å². The van der Waals surface area contributed by atoms with Crippen LogP contribution in [0.5, 0.6) is 0 Å². The number of likely N-dealkylation sites (N-methyl/N-ethyl adjacent to an activating group) is 2. The average molecular weight is 528 g/mol. The molecule has 0 heterocycles. The molecule has 0 saturated heterocycles. The van der Waals surface area contributed by atoms with E-state index in [1.165, 1.54) is 19.2 Å². The van der Waals surface area contributed by atoms with E-state index in [-0.39, 0.29) is 17.9 Å². The second-order valence-corrected chi connectivity index (χ2v) is 8.84. The molecule has 3 N–H and O–H groups in total. The monoisotopic (exact) mass is 528 g/mol. The SMILES string of the molecule is CCNCCN(C)S(=O)(=O)Nc1ccc(F)c(F)c1Nc1ccc(I)cc1F. The molecule has 0 spiro atoms. The summed E-state index contributed by atoms with van der Waals surface area (Å²) in [5.74, 6) is -3.21. The first-order valence-electron chi connectivity index (χ1n) is 8.30. The highest BCUT2D eigenvalue weighted by molar-refractivity contribution is 14.1. The number of rotatable bonds is 9. The third-order valence-corrected chi connectivity index (χ3v) is 5.94. The van der Waals surface area contributed by atoms with Gasteiger partial charge in [-0.25, -0.2) is 13.2 Å². The zero-order chi connectivity index (χ0) is 20.9. The Bertz CT molecular complexity index is 944. The van der Waals surface area contributed by atoms with Crippen molar-refractivity contribution in [2.45, 2.75) is 6.92 Å². The van der Waals surface area contributed by atoms with Crippen LogP contribution in [0, 0.1) is 21.0 Å². The van der Waals surface area contributed by atoms with Crippen molar-refractivity contribution in [3.63, 3.8) is 0 Å². The summed E-state index contributed by atoms with van der Waals surface area (Å²) in [4.78, 5) is 0. The Balaban J connectivity index is 2.33. The van der Waals surface area contributed by atoms with Crippen LogP contribution in [0.1, 0.15) is 6.92 Å². The van der Waals surface area contributed by atoms with Gasteiger partial charge in [0, 0.05) is 23.7 Å². The number of nitrogens with zero attached hydrogens (tertiary/aromatic N) is 1. The lowest BCUT2D eigenvalue weighted by atomic mass is 10.2. The Morgan fingerprint density at radius 3 is 2.39 bits per heavy atom. The first-order chi connectivity index (χ1) is 13.2. The number of nitrogens with one attached hydrogen (secondary N) is 3. The minimum Gasteiger partial charge on any atom is -0.349 e. The van der Waals surface area contributed by atoms with Crippen molar-refractivity contribution in [2.75, 3.05) is 36.7 Å². The van der Waals surface area contributed by atoms with Gasteiger partial charge >= 0.3 is 10.2 Å². The Morgan fingerprint density at radius 1 is 1.07 bits per heavy atom. The molecule has 0 atom stereocenters. The van der Waals surface area contributed by atoms with Crippen LogP contribution in [0.2, 0.25) is 0 Å². The molecule has 0 fully saturated rings. The Kier molecular flexibility index (Phi) is 7.92. The average Bonchev–Trinajstić information content (AvgIpc) is 2.63. The number of anilines is 3. The molecule has 0 aromatic heterocycles. The standard InChI is InChI=1S/C17H20F3IN4O2S/c1-3-22-8-9-25(2)28(26,27)24-15-7-5-12(18)16(20)17(15)23-14-6-4-11(21)10-13(14)19/h4-7,10,22-24H,3,8-9H2,1-2H3. The zero-order valence-electron chi connectivity index (χ0n) is 15.2. The fourth-order valence-corrected chi connectivity index (χ4v) is 3.62. The van der Waals surface area contributed by atoms with Crippen LogP contribution in [0.3, 0.4) is 0 Å². The van der Waals surface area contributed by atoms with E-state index >= 15 is 0 Å². The Hall–Kier alpha value is -1.57. The lowest BCUT2D eigenvalue weighted by Crippen LogP contribution is -2.37. The summed E-state index contributed by atoms with van der Waals surface area (Å²) < 4.78 is 71.0. The highest BCUT2D eigenvalue weighted by atomic mass is 127. The molecule has 0 radical (unpaired) electrons. The molecule has 2 aromatic carbocycles. The molecule has 0 unspecified atom stereocenters. The van der Waals surface area contributed by atoms with Crippen molar-refractivity contribution in [1.29, 1.82) is 0 Å². The molecule has 154 valence electrons. The first-order valence-corrected chi connectivity index (χ1v) is 10.8. The van der Waals surface area contributed by atoms with Crippen molar-refractivity contribution in [3.05, 3.63) is 51.4 Å². The van der Waals surface area contributed by atoms with Crippen LogP contribution < -0.4 is 15.4 Å². The van der Waals surface area contributed by atoms with Crippen LogP contribution in [0.15, 0.2) is 30.3 Å². The second kappa shape index (κ2) is 9.76. The molecule has 0 saturated carbocycles. The van der Waals surface area contributed by atoms with Crippen molar-refractivity contribution >= 4 is 49.9 Å². The van der Waals surface area contributed by atoms with Gasteiger partial charge in [0.1, 0.15) is 11.5 Å². The highest BCUT2D eigenvalue weighted by Gasteiger charge is 2.22. The highest BCUT2D eigenvalue weighted by Crippen LogP contribution is 2.32. The van der Waals surface area contributed by atoms with Crippen LogP contribution in [0.4, 0.5) is 30.2 Å². The number of halogens is 4. The lowest BCUT2D eigenvalue weighted by molar-refractivity contribution is 0.465. The van der Waals surface area contributed by atoms with Gasteiger partial charge < -0.3 is 10.6 Å². The predicted molar refractivity (Wildman–Crippen MR) is 112 cm³/mol. The van der Waals surface area contributed by atoms with E-state index in [2.05, 4.69) is 15.4 Å². The van der Waals surface area contributed by atoms with Crippen LogP contribution in [-0.2, 0) is 10.2 Å². The fraction of sp³-hybridized carbons (Fsp3) is 0.294. The van der Waals surface area contributed by atoms with Gasteiger partial charge in [-0.15, -0.1) is 0 Å². The first kappa shape index (κ1) is 22.7. The third kappa shape index (κ3) is 5.72. The molecule has 0 aliphatic carbocycles. The van der Waals surface area contributed by atoms with Gasteiger partial charge in [0.25, 0.3) is 0 Å². The van der Waals surface area contributed by atoms with Crippen molar-refractivity contribution < 1.29 is 21.6 Å². The maximum Gasteiger partial charge on any atom is 0.301 e. The van der Waals surface area contributed by atoms with Crippen LogP contribution in [0.25, 0.3) is 0 Å². The van der Waals surface area contributed by atoms with Gasteiger partial charge in [-0.2, -0.15) is 12.7 Å². The molecule has 6 nitrogen and oxygen atoms in total. The Labute approximate surface area is 175 Å². The predicted octanol–water partition coefficient (Wildman–Crippen LogP) is 3.65. The normalized spacial score (nSPS) is 11.7. The molecule has 2 aromatic rings. The van der Waals surface area contributed by atoms with Gasteiger partial charge in [0.2, 0.25) is 0 Å². The Morgan fingerprint density at radius 2 is 1.75 bits per heavy atom. The topological polar surface area (TPSA) is 73.5 Å². The molecular weight excluding hydrogens is 508 g/mol. The smallest absolute Gasteiger partial charge is 0.301 e. The van der Waals surface area contributed by atoms with E-state index in [4.69, 9.17) is 0 Å². The van der Waals surface area contributed by atoms with Crippen molar-refractivity contribution in [2.24, 2.45) is 0 Å². The fourth-order valence-electron chi connectivity index (χ4n) is 2.23. The molecule has 0 bridgehead atoms. The number of hydrogen-bond donors (Lipinski definition) is 3. The summed E-state index contributed by atoms with van der Waals surface area (Å²) in [5, 5.41) is 5.43. The minimum absolute atomic E-state index is 0.120. The van der Waals surface area contributed by atoms with Crippen LogP contribution >= 0.6 is 22.6 Å². The van der Waals surface area contributed by atoms with Gasteiger partial charge in [0.15, 0.2) is 11.6 Å². The largest absolute Gasteiger partial charge is 0.349 e. The molecule has 0 amide bonds. The third-order valence-electron chi connectivity index (χ3n) is 3.79. The quantitative estimate of drug-likeness (QED) is 0.344. The number of hydrogen-bond acceptors (Lipinski definition) is 4.